The summed E-state index contributed by atoms with van der Waals surface area (Å²) in [6.07, 6.45) is -0.832. The molecule has 0 heterocycles. The lowest BCUT2D eigenvalue weighted by atomic mass is 11.0. The van der Waals surface area contributed by atoms with Crippen molar-refractivity contribution < 1.29 is 19.0 Å². The standard InChI is InChI=1S/C5H8O4/c1-4(7-2)9-5(6)8-3/h1H2,2-3H3. The Labute approximate surface area is 53.0 Å². The first-order valence-electron chi connectivity index (χ1n) is 2.19. The Morgan fingerprint density at radius 2 is 1.89 bits per heavy atom. The molecule has 0 saturated heterocycles. The first-order valence-corrected chi connectivity index (χ1v) is 2.19. The Morgan fingerprint density at radius 1 is 1.33 bits per heavy atom. The monoisotopic (exact) mass is 132 g/mol. The number of methoxy groups -OCH3 is 2. The molecule has 0 radical (unpaired) electrons. The van der Waals surface area contributed by atoms with Gasteiger partial charge in [-0.15, -0.1) is 0 Å². The van der Waals surface area contributed by atoms with Crippen molar-refractivity contribution in [2.45, 2.75) is 0 Å². The van der Waals surface area contributed by atoms with Crippen LogP contribution in [-0.2, 0) is 14.2 Å². The molecule has 0 bridgehead atoms. The summed E-state index contributed by atoms with van der Waals surface area (Å²) in [4.78, 5) is 10.2. The van der Waals surface area contributed by atoms with Crippen LogP contribution < -0.4 is 0 Å². The lowest BCUT2D eigenvalue weighted by molar-refractivity contribution is 0.0462. The molecule has 4 heteroatoms. The third-order valence-corrected chi connectivity index (χ3v) is 0.592. The minimum atomic E-state index is -0.832. The number of ether oxygens (including phenoxy) is 3. The van der Waals surface area contributed by atoms with Gasteiger partial charge in [0, 0.05) is 0 Å². The molecular formula is C5H8O4. The largest absolute Gasteiger partial charge is 0.515 e. The van der Waals surface area contributed by atoms with E-state index >= 15 is 0 Å². The van der Waals surface area contributed by atoms with Crippen LogP contribution >= 0.6 is 0 Å². The Morgan fingerprint density at radius 3 is 2.22 bits per heavy atom. The highest BCUT2D eigenvalue weighted by atomic mass is 16.8. The molecule has 0 aliphatic carbocycles. The molecule has 4 nitrogen and oxygen atoms in total. The van der Waals surface area contributed by atoms with Crippen LogP contribution in [0.5, 0.6) is 0 Å². The number of carbonyl (C=O) groups is 1. The van der Waals surface area contributed by atoms with Gasteiger partial charge in [0.25, 0.3) is 5.95 Å². The van der Waals surface area contributed by atoms with Crippen molar-refractivity contribution in [2.24, 2.45) is 0 Å². The second kappa shape index (κ2) is 3.77. The van der Waals surface area contributed by atoms with E-state index < -0.39 is 6.16 Å². The molecule has 0 aromatic heterocycles. The predicted molar refractivity (Wildman–Crippen MR) is 29.6 cm³/mol. The Balaban J connectivity index is 3.47. The number of hydrogen-bond acceptors (Lipinski definition) is 4. The van der Waals surface area contributed by atoms with Crippen LogP contribution in [0.2, 0.25) is 0 Å². The van der Waals surface area contributed by atoms with E-state index in [-0.39, 0.29) is 5.95 Å². The molecule has 9 heavy (non-hydrogen) atoms. The molecular weight excluding hydrogens is 124 g/mol. The van der Waals surface area contributed by atoms with Crippen LogP contribution in [0.1, 0.15) is 0 Å². The summed E-state index contributed by atoms with van der Waals surface area (Å²) in [5.41, 5.74) is 0. The summed E-state index contributed by atoms with van der Waals surface area (Å²) in [5, 5.41) is 0. The number of hydrogen-bond donors (Lipinski definition) is 0. The van der Waals surface area contributed by atoms with Gasteiger partial charge in [-0.05, 0) is 6.58 Å². The second-order valence-electron chi connectivity index (χ2n) is 1.13. The molecule has 0 atom stereocenters. The summed E-state index contributed by atoms with van der Waals surface area (Å²) in [5.74, 6) is -0.0816. The summed E-state index contributed by atoms with van der Waals surface area (Å²) in [6, 6.07) is 0. The maximum Gasteiger partial charge on any atom is 0.515 e. The molecule has 0 aromatic rings. The van der Waals surface area contributed by atoms with Gasteiger partial charge in [-0.25, -0.2) is 4.79 Å². The minimum absolute atomic E-state index is 0.0816. The first-order chi connectivity index (χ1) is 4.20. The van der Waals surface area contributed by atoms with E-state index in [2.05, 4.69) is 20.8 Å². The molecule has 0 aromatic carbocycles. The highest BCUT2D eigenvalue weighted by Gasteiger charge is 2.01. The zero-order valence-corrected chi connectivity index (χ0v) is 5.34. The molecule has 0 unspecified atom stereocenters. The molecule has 0 aliphatic heterocycles. The molecule has 0 rings (SSSR count). The van der Waals surface area contributed by atoms with Gasteiger partial charge in [0.05, 0.1) is 14.2 Å². The van der Waals surface area contributed by atoms with Crippen LogP contribution in [0.15, 0.2) is 12.5 Å². The highest BCUT2D eigenvalue weighted by Crippen LogP contribution is 1.94. The Hall–Kier alpha value is -1.19. The van der Waals surface area contributed by atoms with Crippen LogP contribution in [0, 0.1) is 0 Å². The Bertz CT molecular complexity index is 104. The first kappa shape index (κ1) is 7.81. The van der Waals surface area contributed by atoms with Crippen molar-refractivity contribution in [1.29, 1.82) is 0 Å². The molecule has 0 spiro atoms. The van der Waals surface area contributed by atoms with Crippen molar-refractivity contribution in [3.8, 4) is 0 Å². The number of carbonyl (C=O) groups excluding carboxylic acids is 1. The van der Waals surface area contributed by atoms with Gasteiger partial charge in [0.15, 0.2) is 0 Å². The fourth-order valence-electron chi connectivity index (χ4n) is 0.176. The zero-order valence-electron chi connectivity index (χ0n) is 5.34. The lowest BCUT2D eigenvalue weighted by Gasteiger charge is -2.01. The SMILES string of the molecule is C=C(OC)OC(=O)OC. The van der Waals surface area contributed by atoms with Crippen LogP contribution in [-0.4, -0.2) is 20.4 Å². The van der Waals surface area contributed by atoms with Gasteiger partial charge in [-0.1, -0.05) is 0 Å². The Kier molecular flexibility index (Phi) is 3.27. The topological polar surface area (TPSA) is 44.8 Å². The highest BCUT2D eigenvalue weighted by molar-refractivity contribution is 5.60. The van der Waals surface area contributed by atoms with E-state index in [1.165, 1.54) is 14.2 Å². The van der Waals surface area contributed by atoms with E-state index in [1.807, 2.05) is 0 Å². The maximum absolute atomic E-state index is 10.2. The van der Waals surface area contributed by atoms with Gasteiger partial charge < -0.3 is 14.2 Å². The molecule has 0 fully saturated rings. The molecule has 0 N–H and O–H groups in total. The fraction of sp³-hybridized carbons (Fsp3) is 0.400. The van der Waals surface area contributed by atoms with Gasteiger partial charge in [0.1, 0.15) is 0 Å². The van der Waals surface area contributed by atoms with Gasteiger partial charge in [-0.3, -0.25) is 0 Å². The summed E-state index contributed by atoms with van der Waals surface area (Å²) in [7, 11) is 2.54. The average Bonchev–Trinajstić information content (AvgIpc) is 1.87. The third kappa shape index (κ3) is 3.40. The third-order valence-electron chi connectivity index (χ3n) is 0.592. The van der Waals surface area contributed by atoms with Gasteiger partial charge in [0.2, 0.25) is 0 Å². The smallest absolute Gasteiger partial charge is 0.469 e. The van der Waals surface area contributed by atoms with Crippen molar-refractivity contribution in [2.75, 3.05) is 14.2 Å². The van der Waals surface area contributed by atoms with Crippen LogP contribution in [0.3, 0.4) is 0 Å². The lowest BCUT2D eigenvalue weighted by Crippen LogP contribution is -2.03. The molecule has 52 valence electrons. The van der Waals surface area contributed by atoms with Crippen molar-refractivity contribution in [1.82, 2.24) is 0 Å². The zero-order chi connectivity index (χ0) is 7.28. The molecule has 0 amide bonds. The predicted octanol–water partition coefficient (Wildman–Crippen LogP) is 0.887. The van der Waals surface area contributed by atoms with Gasteiger partial charge in [-0.2, -0.15) is 0 Å². The average molecular weight is 132 g/mol. The van der Waals surface area contributed by atoms with Crippen molar-refractivity contribution >= 4 is 6.16 Å². The van der Waals surface area contributed by atoms with E-state index in [4.69, 9.17) is 0 Å². The van der Waals surface area contributed by atoms with E-state index in [1.54, 1.807) is 0 Å². The normalized spacial score (nSPS) is 7.78. The summed E-state index contributed by atoms with van der Waals surface area (Å²) >= 11 is 0. The van der Waals surface area contributed by atoms with E-state index in [0.717, 1.165) is 0 Å². The van der Waals surface area contributed by atoms with E-state index in [0.29, 0.717) is 0 Å². The fourth-order valence-corrected chi connectivity index (χ4v) is 0.176. The minimum Gasteiger partial charge on any atom is -0.469 e. The van der Waals surface area contributed by atoms with Crippen LogP contribution in [0.25, 0.3) is 0 Å². The summed E-state index contributed by atoms with van der Waals surface area (Å²) < 4.78 is 12.8. The molecule has 0 aliphatic rings. The van der Waals surface area contributed by atoms with Gasteiger partial charge >= 0.3 is 6.16 Å². The molecule has 0 saturated carbocycles. The number of rotatable bonds is 2. The van der Waals surface area contributed by atoms with Crippen LogP contribution in [0.4, 0.5) is 4.79 Å². The summed E-state index contributed by atoms with van der Waals surface area (Å²) in [6.45, 7) is 3.22. The van der Waals surface area contributed by atoms with E-state index in [9.17, 15) is 4.79 Å². The second-order valence-corrected chi connectivity index (χ2v) is 1.13. The quantitative estimate of drug-likeness (QED) is 0.413. The maximum atomic E-state index is 10.2. The van der Waals surface area contributed by atoms with Crippen molar-refractivity contribution in [3.05, 3.63) is 12.5 Å². The van der Waals surface area contributed by atoms with Crippen molar-refractivity contribution in [3.63, 3.8) is 0 Å².